The molecule has 0 amide bonds. The first-order valence-corrected chi connectivity index (χ1v) is 10.5. The topological polar surface area (TPSA) is 92.9 Å². The average molecular weight is 383 g/mol. The summed E-state index contributed by atoms with van der Waals surface area (Å²) in [5.41, 5.74) is 3.31. The molecule has 2 aliphatic rings. The Morgan fingerprint density at radius 3 is 2.89 bits per heavy atom. The van der Waals surface area contributed by atoms with Crippen molar-refractivity contribution in [3.05, 3.63) is 41.5 Å². The van der Waals surface area contributed by atoms with E-state index in [0.29, 0.717) is 10.8 Å². The number of hydrogen-bond donors (Lipinski definition) is 2. The predicted molar refractivity (Wildman–Crippen MR) is 103 cm³/mol. The highest BCUT2D eigenvalue weighted by Crippen LogP contribution is 2.44. The fraction of sp³-hybridized carbons (Fsp3) is 0.421. The predicted octanol–water partition coefficient (Wildman–Crippen LogP) is 3.40. The van der Waals surface area contributed by atoms with Gasteiger partial charge in [0.1, 0.15) is 6.33 Å². The molecule has 1 saturated carbocycles. The van der Waals surface area contributed by atoms with E-state index >= 15 is 0 Å². The Morgan fingerprint density at radius 2 is 2.15 bits per heavy atom. The van der Waals surface area contributed by atoms with Crippen LogP contribution in [0.25, 0.3) is 10.8 Å². The molecule has 0 bridgehead atoms. The number of aryl methyl sites for hydroxylation is 2. The minimum atomic E-state index is -2.02. The van der Waals surface area contributed by atoms with Crippen LogP contribution in [0.3, 0.4) is 0 Å². The molecule has 1 fully saturated rings. The first kappa shape index (κ1) is 16.8. The van der Waals surface area contributed by atoms with E-state index in [1.807, 2.05) is 22.9 Å². The monoisotopic (exact) mass is 383 g/mol. The molecule has 2 aliphatic carbocycles. The number of pyridine rings is 1. The summed E-state index contributed by atoms with van der Waals surface area (Å²) < 4.78 is 23.8. The first-order valence-electron chi connectivity index (χ1n) is 9.36. The lowest BCUT2D eigenvalue weighted by atomic mass is 9.99. The largest absolute Gasteiger partial charge is 0.347 e. The molecule has 7 nitrogen and oxygen atoms in total. The molecule has 2 aromatic heterocycles. The van der Waals surface area contributed by atoms with Crippen LogP contribution in [-0.2, 0) is 24.0 Å². The van der Waals surface area contributed by atoms with Crippen LogP contribution in [0.4, 0.5) is 5.95 Å². The molecule has 0 spiro atoms. The Balaban J connectivity index is 1.64. The third kappa shape index (κ3) is 2.83. The molecule has 0 aliphatic heterocycles. The number of rotatable bonds is 5. The van der Waals surface area contributed by atoms with E-state index in [4.69, 9.17) is 0 Å². The first-order chi connectivity index (χ1) is 13.2. The normalized spacial score (nSPS) is 20.0. The van der Waals surface area contributed by atoms with Crippen molar-refractivity contribution in [3.63, 3.8) is 0 Å². The minimum Gasteiger partial charge on any atom is -0.347 e. The zero-order valence-electron chi connectivity index (χ0n) is 15.1. The lowest BCUT2D eigenvalue weighted by Crippen LogP contribution is -2.12. The quantitative estimate of drug-likeness (QED) is 0.656. The minimum absolute atomic E-state index is 0.0896. The molecule has 27 heavy (non-hydrogen) atoms. The van der Waals surface area contributed by atoms with E-state index in [0.717, 1.165) is 60.2 Å². The molecule has 0 radical (unpaired) electrons. The van der Waals surface area contributed by atoms with Gasteiger partial charge in [0.2, 0.25) is 5.95 Å². The van der Waals surface area contributed by atoms with Gasteiger partial charge < -0.3 is 14.4 Å². The van der Waals surface area contributed by atoms with Crippen LogP contribution in [0.1, 0.15) is 55.0 Å². The van der Waals surface area contributed by atoms with Gasteiger partial charge in [-0.2, -0.15) is 0 Å². The van der Waals surface area contributed by atoms with Gasteiger partial charge in [0, 0.05) is 35.1 Å². The van der Waals surface area contributed by atoms with Crippen LogP contribution < -0.4 is 5.32 Å². The summed E-state index contributed by atoms with van der Waals surface area (Å²) in [7, 11) is 0. The Kier molecular flexibility index (Phi) is 3.98. The van der Waals surface area contributed by atoms with Crippen molar-refractivity contribution >= 4 is 27.8 Å². The van der Waals surface area contributed by atoms with Crippen molar-refractivity contribution in [1.29, 1.82) is 0 Å². The van der Waals surface area contributed by atoms with Crippen molar-refractivity contribution in [2.45, 2.75) is 56.0 Å². The van der Waals surface area contributed by atoms with Crippen LogP contribution in [0, 0.1) is 0 Å². The standard InChI is InChI=1S/C19H21N5O2S/c1-2-24-10-21-23-19(24)22-15-6-5-12-7-17(27(25)26)13-8-16(11-3-4-11)20-9-14(13)18(12)15/h7-11,15H,2-6H2,1H3,(H,22,23)(H,25,26)/t15-/m0/s1. The highest BCUT2D eigenvalue weighted by molar-refractivity contribution is 7.79. The van der Waals surface area contributed by atoms with Crippen molar-refractivity contribution in [2.24, 2.45) is 0 Å². The number of benzene rings is 1. The van der Waals surface area contributed by atoms with E-state index < -0.39 is 11.1 Å². The van der Waals surface area contributed by atoms with E-state index in [1.54, 1.807) is 6.33 Å². The van der Waals surface area contributed by atoms with Gasteiger partial charge in [-0.15, -0.1) is 10.2 Å². The van der Waals surface area contributed by atoms with E-state index in [9.17, 15) is 8.76 Å². The summed E-state index contributed by atoms with van der Waals surface area (Å²) in [5.74, 6) is 1.25. The Morgan fingerprint density at radius 1 is 1.30 bits per heavy atom. The maximum absolute atomic E-state index is 12.0. The highest BCUT2D eigenvalue weighted by Gasteiger charge is 2.30. The van der Waals surface area contributed by atoms with Gasteiger partial charge in [-0.25, -0.2) is 4.21 Å². The van der Waals surface area contributed by atoms with Crippen molar-refractivity contribution in [2.75, 3.05) is 5.32 Å². The second-order valence-electron chi connectivity index (χ2n) is 7.30. The zero-order valence-corrected chi connectivity index (χ0v) is 15.9. The molecule has 1 unspecified atom stereocenters. The van der Waals surface area contributed by atoms with Gasteiger partial charge in [0.05, 0.1) is 10.9 Å². The average Bonchev–Trinajstić information content (AvgIpc) is 3.30. The second kappa shape index (κ2) is 6.38. The Bertz CT molecular complexity index is 1060. The molecule has 1 aromatic carbocycles. The van der Waals surface area contributed by atoms with Gasteiger partial charge >= 0.3 is 0 Å². The lowest BCUT2D eigenvalue weighted by Gasteiger charge is -2.18. The van der Waals surface area contributed by atoms with Gasteiger partial charge in [-0.05, 0) is 55.9 Å². The van der Waals surface area contributed by atoms with Crippen molar-refractivity contribution in [1.82, 2.24) is 19.7 Å². The van der Waals surface area contributed by atoms with Crippen molar-refractivity contribution in [3.8, 4) is 0 Å². The van der Waals surface area contributed by atoms with Crippen LogP contribution in [0.2, 0.25) is 0 Å². The third-order valence-electron chi connectivity index (χ3n) is 5.63. The molecule has 140 valence electrons. The number of nitrogens with zero attached hydrogens (tertiary/aromatic N) is 4. The van der Waals surface area contributed by atoms with E-state index in [-0.39, 0.29) is 6.04 Å². The van der Waals surface area contributed by atoms with Gasteiger partial charge in [-0.1, -0.05) is 0 Å². The zero-order chi connectivity index (χ0) is 18.5. The highest BCUT2D eigenvalue weighted by atomic mass is 32.2. The molecule has 2 atom stereocenters. The smallest absolute Gasteiger partial charge is 0.224 e. The number of anilines is 1. The summed E-state index contributed by atoms with van der Waals surface area (Å²) in [6.45, 7) is 2.85. The molecule has 3 aromatic rings. The van der Waals surface area contributed by atoms with Crippen LogP contribution in [-0.4, -0.2) is 28.5 Å². The molecular formula is C19H21N5O2S. The third-order valence-corrected chi connectivity index (χ3v) is 6.34. The molecule has 2 N–H and O–H groups in total. The van der Waals surface area contributed by atoms with Crippen LogP contribution >= 0.6 is 0 Å². The Hall–Kier alpha value is -2.32. The number of hydrogen-bond acceptors (Lipinski definition) is 5. The fourth-order valence-corrected chi connectivity index (χ4v) is 4.68. The summed E-state index contributed by atoms with van der Waals surface area (Å²) >= 11 is -2.02. The van der Waals surface area contributed by atoms with E-state index in [2.05, 4.69) is 27.4 Å². The second-order valence-corrected chi connectivity index (χ2v) is 8.24. The number of nitrogens with one attached hydrogen (secondary N) is 1. The Labute approximate surface area is 159 Å². The molecule has 2 heterocycles. The molecule has 8 heteroatoms. The summed E-state index contributed by atoms with van der Waals surface area (Å²) in [6.07, 6.45) is 7.68. The maximum Gasteiger partial charge on any atom is 0.224 e. The molecular weight excluding hydrogens is 362 g/mol. The SMILES string of the molecule is CCn1cnnc1N[C@H]1CCc2cc(S(=O)O)c3cc(C4CC4)ncc3c21. The number of fused-ring (bicyclic) bond motifs is 3. The molecule has 0 saturated heterocycles. The van der Waals surface area contributed by atoms with Crippen LogP contribution in [0.15, 0.2) is 29.6 Å². The van der Waals surface area contributed by atoms with Gasteiger partial charge in [0.25, 0.3) is 0 Å². The van der Waals surface area contributed by atoms with E-state index in [1.165, 1.54) is 5.56 Å². The summed E-state index contributed by atoms with van der Waals surface area (Å²) in [6, 6.07) is 4.00. The van der Waals surface area contributed by atoms with Gasteiger partial charge in [-0.3, -0.25) is 4.98 Å². The maximum atomic E-state index is 12.0. The van der Waals surface area contributed by atoms with Gasteiger partial charge in [0.15, 0.2) is 11.1 Å². The summed E-state index contributed by atoms with van der Waals surface area (Å²) in [5, 5.41) is 13.5. The van der Waals surface area contributed by atoms with Crippen molar-refractivity contribution < 1.29 is 8.76 Å². The summed E-state index contributed by atoms with van der Waals surface area (Å²) in [4.78, 5) is 5.16. The van der Waals surface area contributed by atoms with Crippen LogP contribution in [0.5, 0.6) is 0 Å². The fourth-order valence-electron chi connectivity index (χ4n) is 4.08. The number of aromatic nitrogens is 4. The molecule has 5 rings (SSSR count). The lowest BCUT2D eigenvalue weighted by molar-refractivity contribution is 0.565.